The van der Waals surface area contributed by atoms with Crippen LogP contribution in [0.15, 0.2) is 35.7 Å². The first kappa shape index (κ1) is 16.6. The van der Waals surface area contributed by atoms with Gasteiger partial charge in [-0.3, -0.25) is 4.79 Å². The van der Waals surface area contributed by atoms with E-state index in [1.807, 2.05) is 42.6 Å². The van der Waals surface area contributed by atoms with E-state index >= 15 is 0 Å². The van der Waals surface area contributed by atoms with Crippen molar-refractivity contribution in [1.29, 1.82) is 0 Å². The van der Waals surface area contributed by atoms with Gasteiger partial charge in [0.15, 0.2) is 0 Å². The molecule has 126 valence electrons. The third-order valence-electron chi connectivity index (χ3n) is 3.77. The smallest absolute Gasteiger partial charge is 0.244 e. The van der Waals surface area contributed by atoms with Gasteiger partial charge < -0.3 is 14.8 Å². The number of carbonyl (C=O) groups excluding carboxylic acids is 1. The third-order valence-corrected chi connectivity index (χ3v) is 4.61. The number of nitrogens with one attached hydrogen (secondary N) is 1. The monoisotopic (exact) mass is 343 g/mol. The summed E-state index contributed by atoms with van der Waals surface area (Å²) in [5.74, 6) is 1.58. The zero-order valence-corrected chi connectivity index (χ0v) is 14.7. The molecule has 0 unspecified atom stereocenters. The van der Waals surface area contributed by atoms with E-state index < -0.39 is 0 Å². The predicted octanol–water partition coefficient (Wildman–Crippen LogP) is 3.80. The molecule has 0 fully saturated rings. The molecule has 1 aliphatic rings. The van der Waals surface area contributed by atoms with Crippen molar-refractivity contribution in [3.05, 3.63) is 51.7 Å². The molecule has 0 saturated heterocycles. The van der Waals surface area contributed by atoms with Crippen LogP contribution in [0.1, 0.15) is 29.9 Å². The van der Waals surface area contributed by atoms with Gasteiger partial charge in [0.25, 0.3) is 0 Å². The summed E-state index contributed by atoms with van der Waals surface area (Å²) in [6.45, 7) is 5.01. The molecule has 1 aliphatic heterocycles. The Kier molecular flexibility index (Phi) is 5.20. The second-order valence-corrected chi connectivity index (χ2v) is 6.68. The maximum absolute atomic E-state index is 12.0. The average molecular weight is 343 g/mol. The summed E-state index contributed by atoms with van der Waals surface area (Å²) in [5, 5.41) is 4.89. The largest absolute Gasteiger partial charge is 0.494 e. The molecule has 2 aromatic rings. The number of rotatable bonds is 6. The minimum atomic E-state index is -0.124. The highest BCUT2D eigenvalue weighted by Gasteiger charge is 2.21. The second kappa shape index (κ2) is 7.53. The Morgan fingerprint density at radius 3 is 3.12 bits per heavy atom. The first-order chi connectivity index (χ1) is 11.7. The fourth-order valence-electron chi connectivity index (χ4n) is 2.69. The van der Waals surface area contributed by atoms with E-state index in [1.165, 1.54) is 5.56 Å². The number of benzene rings is 1. The molecule has 1 amide bonds. The first-order valence-electron chi connectivity index (χ1n) is 8.10. The van der Waals surface area contributed by atoms with Crippen molar-refractivity contribution < 1.29 is 14.3 Å². The predicted molar refractivity (Wildman–Crippen MR) is 96.6 cm³/mol. The van der Waals surface area contributed by atoms with Crippen molar-refractivity contribution in [2.24, 2.45) is 0 Å². The number of amides is 1. The quantitative estimate of drug-likeness (QED) is 0.812. The SMILES string of the molecule is CCOc1cc2c(cc1CNC(=O)/C=C/c1cccs1)O[C@H](C)C2. The van der Waals surface area contributed by atoms with Crippen LogP contribution in [0.3, 0.4) is 0 Å². The van der Waals surface area contributed by atoms with E-state index in [9.17, 15) is 4.79 Å². The average Bonchev–Trinajstić information content (AvgIpc) is 3.19. The fraction of sp³-hybridized carbons (Fsp3) is 0.316. The van der Waals surface area contributed by atoms with Crippen LogP contribution >= 0.6 is 11.3 Å². The zero-order valence-electron chi connectivity index (χ0n) is 13.9. The Balaban J connectivity index is 1.67. The van der Waals surface area contributed by atoms with Crippen molar-refractivity contribution in [1.82, 2.24) is 5.32 Å². The maximum atomic E-state index is 12.0. The standard InChI is InChI=1S/C19H21NO3S/c1-3-22-17-10-14-9-13(2)23-18(14)11-15(17)12-20-19(21)7-6-16-5-4-8-24-16/h4-8,10-11,13H,3,9,12H2,1-2H3,(H,20,21)/b7-6+/t13-/m1/s1. The van der Waals surface area contributed by atoms with Crippen LogP contribution in [0.4, 0.5) is 0 Å². The molecule has 0 radical (unpaired) electrons. The van der Waals surface area contributed by atoms with Crippen molar-refractivity contribution in [2.45, 2.75) is 32.9 Å². The lowest BCUT2D eigenvalue weighted by molar-refractivity contribution is -0.116. The molecule has 2 heterocycles. The molecule has 0 bridgehead atoms. The van der Waals surface area contributed by atoms with Gasteiger partial charge in [0.2, 0.25) is 5.91 Å². The van der Waals surface area contributed by atoms with Crippen LogP contribution < -0.4 is 14.8 Å². The molecule has 1 atom stereocenters. The van der Waals surface area contributed by atoms with Gasteiger partial charge >= 0.3 is 0 Å². The summed E-state index contributed by atoms with van der Waals surface area (Å²) >= 11 is 1.60. The Labute approximate surface area is 146 Å². The summed E-state index contributed by atoms with van der Waals surface area (Å²) in [4.78, 5) is 13.1. The summed E-state index contributed by atoms with van der Waals surface area (Å²) in [6.07, 6.45) is 4.45. The van der Waals surface area contributed by atoms with Crippen LogP contribution in [-0.4, -0.2) is 18.6 Å². The van der Waals surface area contributed by atoms with Crippen LogP contribution in [0.2, 0.25) is 0 Å². The molecular formula is C19H21NO3S. The van der Waals surface area contributed by atoms with E-state index in [-0.39, 0.29) is 12.0 Å². The normalized spacial score (nSPS) is 16.0. The molecule has 0 saturated carbocycles. The fourth-order valence-corrected chi connectivity index (χ4v) is 3.31. The Bertz CT molecular complexity index is 737. The lowest BCUT2D eigenvalue weighted by Crippen LogP contribution is -2.20. The van der Waals surface area contributed by atoms with Gasteiger partial charge in [-0.05, 0) is 43.5 Å². The van der Waals surface area contributed by atoms with Gasteiger partial charge in [0.05, 0.1) is 6.61 Å². The topological polar surface area (TPSA) is 47.6 Å². The highest BCUT2D eigenvalue weighted by atomic mass is 32.1. The number of ether oxygens (including phenoxy) is 2. The van der Waals surface area contributed by atoms with Gasteiger partial charge in [-0.25, -0.2) is 0 Å². The highest BCUT2D eigenvalue weighted by Crippen LogP contribution is 2.35. The summed E-state index contributed by atoms with van der Waals surface area (Å²) < 4.78 is 11.5. The van der Waals surface area contributed by atoms with Crippen LogP contribution in [0.5, 0.6) is 11.5 Å². The Morgan fingerprint density at radius 1 is 1.50 bits per heavy atom. The minimum Gasteiger partial charge on any atom is -0.494 e. The molecule has 0 spiro atoms. The van der Waals surface area contributed by atoms with Crippen molar-refractivity contribution in [3.8, 4) is 11.5 Å². The third kappa shape index (κ3) is 3.97. The zero-order chi connectivity index (χ0) is 16.9. The number of thiophene rings is 1. The molecule has 0 aliphatic carbocycles. The summed E-state index contributed by atoms with van der Waals surface area (Å²) in [5.41, 5.74) is 2.10. The van der Waals surface area contributed by atoms with Crippen molar-refractivity contribution in [3.63, 3.8) is 0 Å². The van der Waals surface area contributed by atoms with E-state index in [0.29, 0.717) is 13.2 Å². The lowest BCUT2D eigenvalue weighted by atomic mass is 10.1. The van der Waals surface area contributed by atoms with Crippen molar-refractivity contribution in [2.75, 3.05) is 6.61 Å². The van der Waals surface area contributed by atoms with Crippen LogP contribution in [-0.2, 0) is 17.8 Å². The van der Waals surface area contributed by atoms with Gasteiger partial charge in [-0.2, -0.15) is 0 Å². The second-order valence-electron chi connectivity index (χ2n) is 5.70. The summed E-state index contributed by atoms with van der Waals surface area (Å²) in [6, 6.07) is 7.95. The molecule has 24 heavy (non-hydrogen) atoms. The van der Waals surface area contributed by atoms with Gasteiger partial charge in [0.1, 0.15) is 17.6 Å². The molecule has 4 nitrogen and oxygen atoms in total. The number of hydrogen-bond acceptors (Lipinski definition) is 4. The molecule has 1 aromatic carbocycles. The minimum absolute atomic E-state index is 0.124. The number of hydrogen-bond donors (Lipinski definition) is 1. The Morgan fingerprint density at radius 2 is 2.38 bits per heavy atom. The van der Waals surface area contributed by atoms with Crippen molar-refractivity contribution >= 4 is 23.3 Å². The van der Waals surface area contributed by atoms with E-state index in [1.54, 1.807) is 17.4 Å². The van der Waals surface area contributed by atoms with Crippen LogP contribution in [0.25, 0.3) is 6.08 Å². The molecular weight excluding hydrogens is 322 g/mol. The van der Waals surface area contributed by atoms with E-state index in [4.69, 9.17) is 9.47 Å². The maximum Gasteiger partial charge on any atom is 0.244 e. The van der Waals surface area contributed by atoms with Crippen LogP contribution in [0, 0.1) is 0 Å². The Hall–Kier alpha value is -2.27. The number of fused-ring (bicyclic) bond motifs is 1. The molecule has 1 N–H and O–H groups in total. The molecule has 5 heteroatoms. The first-order valence-corrected chi connectivity index (χ1v) is 8.98. The van der Waals surface area contributed by atoms with E-state index in [2.05, 4.69) is 12.2 Å². The molecule has 3 rings (SSSR count). The lowest BCUT2D eigenvalue weighted by Gasteiger charge is -2.13. The molecule has 1 aromatic heterocycles. The van der Waals surface area contributed by atoms with Gasteiger partial charge in [0, 0.05) is 35.0 Å². The van der Waals surface area contributed by atoms with Gasteiger partial charge in [-0.1, -0.05) is 6.07 Å². The number of carbonyl (C=O) groups is 1. The summed E-state index contributed by atoms with van der Waals surface area (Å²) in [7, 11) is 0. The van der Waals surface area contributed by atoms with E-state index in [0.717, 1.165) is 28.4 Å². The highest BCUT2D eigenvalue weighted by molar-refractivity contribution is 7.10. The van der Waals surface area contributed by atoms with Gasteiger partial charge in [-0.15, -0.1) is 11.3 Å².